The van der Waals surface area contributed by atoms with Crippen LogP contribution in [-0.4, -0.2) is 28.9 Å². The van der Waals surface area contributed by atoms with Crippen LogP contribution < -0.4 is 10.6 Å². The van der Waals surface area contributed by atoms with Crippen molar-refractivity contribution < 1.29 is 9.53 Å². The molecule has 150 valence electrons. The highest BCUT2D eigenvalue weighted by atomic mass is 16.5. The first kappa shape index (κ1) is 19.2. The summed E-state index contributed by atoms with van der Waals surface area (Å²) in [5.74, 6) is -0.132. The van der Waals surface area contributed by atoms with Crippen LogP contribution in [0, 0.1) is 6.92 Å². The third-order valence-electron chi connectivity index (χ3n) is 5.11. The van der Waals surface area contributed by atoms with Gasteiger partial charge in [0.15, 0.2) is 0 Å². The lowest BCUT2D eigenvalue weighted by atomic mass is 10.1. The van der Waals surface area contributed by atoms with Gasteiger partial charge in [0.2, 0.25) is 0 Å². The average molecular weight is 390 g/mol. The third kappa shape index (κ3) is 4.84. The van der Waals surface area contributed by atoms with E-state index in [2.05, 4.69) is 15.7 Å². The summed E-state index contributed by atoms with van der Waals surface area (Å²) in [6.07, 6.45) is 1.76. The number of aryl methyl sites for hydroxylation is 1. The molecule has 0 spiro atoms. The Hall–Kier alpha value is -3.12. The van der Waals surface area contributed by atoms with Gasteiger partial charge < -0.3 is 15.4 Å². The van der Waals surface area contributed by atoms with Crippen molar-refractivity contribution in [1.29, 1.82) is 0 Å². The summed E-state index contributed by atoms with van der Waals surface area (Å²) in [6, 6.07) is 20.1. The van der Waals surface area contributed by atoms with E-state index in [0.717, 1.165) is 42.0 Å². The molecule has 1 amide bonds. The van der Waals surface area contributed by atoms with E-state index in [1.807, 2.05) is 72.3 Å². The van der Waals surface area contributed by atoms with E-state index >= 15 is 0 Å². The third-order valence-corrected chi connectivity index (χ3v) is 5.11. The molecule has 0 bridgehead atoms. The zero-order valence-electron chi connectivity index (χ0n) is 16.6. The molecule has 1 fully saturated rings. The highest BCUT2D eigenvalue weighted by molar-refractivity contribution is 6.03. The molecule has 0 aliphatic carbocycles. The first-order valence-electron chi connectivity index (χ1n) is 10.0. The molecule has 2 aromatic carbocycles. The van der Waals surface area contributed by atoms with Gasteiger partial charge in [0, 0.05) is 31.1 Å². The SMILES string of the molecule is Cc1cc(C(=O)Nc2ccc(CNc3ccccc3)cc2)n(C2CCOCC2)n1. The summed E-state index contributed by atoms with van der Waals surface area (Å²) >= 11 is 0. The van der Waals surface area contributed by atoms with Crippen LogP contribution in [0.25, 0.3) is 0 Å². The molecule has 4 rings (SSSR count). The van der Waals surface area contributed by atoms with Gasteiger partial charge in [-0.3, -0.25) is 9.48 Å². The highest BCUT2D eigenvalue weighted by Gasteiger charge is 2.23. The van der Waals surface area contributed by atoms with Crippen molar-refractivity contribution in [3.05, 3.63) is 77.6 Å². The van der Waals surface area contributed by atoms with Crippen molar-refractivity contribution in [2.24, 2.45) is 0 Å². The summed E-state index contributed by atoms with van der Waals surface area (Å²) < 4.78 is 7.30. The molecule has 6 nitrogen and oxygen atoms in total. The topological polar surface area (TPSA) is 68.2 Å². The van der Waals surface area contributed by atoms with Crippen molar-refractivity contribution in [3.63, 3.8) is 0 Å². The maximum Gasteiger partial charge on any atom is 0.273 e. The lowest BCUT2D eigenvalue weighted by Crippen LogP contribution is -2.25. The van der Waals surface area contributed by atoms with Crippen LogP contribution in [0.1, 0.15) is 40.6 Å². The molecule has 1 aliphatic heterocycles. The molecule has 2 N–H and O–H groups in total. The lowest BCUT2D eigenvalue weighted by Gasteiger charge is -2.24. The van der Waals surface area contributed by atoms with Gasteiger partial charge in [0.05, 0.1) is 11.7 Å². The Morgan fingerprint density at radius 2 is 1.79 bits per heavy atom. The fourth-order valence-electron chi connectivity index (χ4n) is 3.56. The van der Waals surface area contributed by atoms with Gasteiger partial charge in [-0.25, -0.2) is 0 Å². The Balaban J connectivity index is 1.40. The Kier molecular flexibility index (Phi) is 5.91. The zero-order chi connectivity index (χ0) is 20.1. The fourth-order valence-corrected chi connectivity index (χ4v) is 3.56. The molecule has 0 saturated carbocycles. The predicted molar refractivity (Wildman–Crippen MR) is 114 cm³/mol. The van der Waals surface area contributed by atoms with Crippen LogP contribution in [0.4, 0.5) is 11.4 Å². The number of hydrogen-bond donors (Lipinski definition) is 2. The number of anilines is 2. The molecule has 6 heteroatoms. The maximum atomic E-state index is 12.9. The smallest absolute Gasteiger partial charge is 0.273 e. The van der Waals surface area contributed by atoms with Gasteiger partial charge in [-0.1, -0.05) is 30.3 Å². The first-order chi connectivity index (χ1) is 14.2. The average Bonchev–Trinajstić information content (AvgIpc) is 3.16. The van der Waals surface area contributed by atoms with Gasteiger partial charge in [-0.05, 0) is 55.7 Å². The number of ether oxygens (including phenoxy) is 1. The first-order valence-corrected chi connectivity index (χ1v) is 10.0. The number of amides is 1. The largest absolute Gasteiger partial charge is 0.381 e. The minimum absolute atomic E-state index is 0.132. The minimum Gasteiger partial charge on any atom is -0.381 e. The van der Waals surface area contributed by atoms with E-state index < -0.39 is 0 Å². The number of rotatable bonds is 6. The van der Waals surface area contributed by atoms with E-state index in [9.17, 15) is 4.79 Å². The van der Waals surface area contributed by atoms with Crippen LogP contribution in [-0.2, 0) is 11.3 Å². The number of benzene rings is 2. The molecule has 29 heavy (non-hydrogen) atoms. The molecular formula is C23H26N4O2. The Labute approximate surface area is 170 Å². The standard InChI is InChI=1S/C23H26N4O2/c1-17-15-22(27(26-17)21-11-13-29-14-12-21)23(28)25-20-9-7-18(8-10-20)16-24-19-5-3-2-4-6-19/h2-10,15,21,24H,11-14,16H2,1H3,(H,25,28). The second kappa shape index (κ2) is 8.92. The van der Waals surface area contributed by atoms with Crippen molar-refractivity contribution in [2.75, 3.05) is 23.8 Å². The Bertz CT molecular complexity index is 945. The minimum atomic E-state index is -0.132. The molecule has 0 unspecified atom stereocenters. The fraction of sp³-hybridized carbons (Fsp3) is 0.304. The summed E-state index contributed by atoms with van der Waals surface area (Å²) in [6.45, 7) is 4.07. The number of carbonyl (C=O) groups is 1. The van der Waals surface area contributed by atoms with Gasteiger partial charge in [0.25, 0.3) is 5.91 Å². The maximum absolute atomic E-state index is 12.9. The molecule has 2 heterocycles. The summed E-state index contributed by atoms with van der Waals surface area (Å²) in [5, 5.41) is 10.9. The molecule has 0 radical (unpaired) electrons. The van der Waals surface area contributed by atoms with Gasteiger partial charge in [-0.15, -0.1) is 0 Å². The van der Waals surface area contributed by atoms with E-state index in [-0.39, 0.29) is 11.9 Å². The van der Waals surface area contributed by atoms with Crippen LogP contribution in [0.2, 0.25) is 0 Å². The van der Waals surface area contributed by atoms with Gasteiger partial charge >= 0.3 is 0 Å². The molecule has 1 saturated heterocycles. The Morgan fingerprint density at radius 1 is 1.07 bits per heavy atom. The van der Waals surface area contributed by atoms with Crippen molar-refractivity contribution >= 4 is 17.3 Å². The predicted octanol–water partition coefficient (Wildman–Crippen LogP) is 4.41. The summed E-state index contributed by atoms with van der Waals surface area (Å²) in [5.41, 5.74) is 4.46. The number of para-hydroxylation sites is 1. The quantitative estimate of drug-likeness (QED) is 0.654. The van der Waals surface area contributed by atoms with Crippen LogP contribution in [0.5, 0.6) is 0 Å². The number of nitrogens with one attached hydrogen (secondary N) is 2. The van der Waals surface area contributed by atoms with Crippen molar-refractivity contribution in [1.82, 2.24) is 9.78 Å². The van der Waals surface area contributed by atoms with Crippen LogP contribution in [0.3, 0.4) is 0 Å². The number of nitrogens with zero attached hydrogens (tertiary/aromatic N) is 2. The van der Waals surface area contributed by atoms with E-state index in [4.69, 9.17) is 4.74 Å². The van der Waals surface area contributed by atoms with Crippen molar-refractivity contribution in [3.8, 4) is 0 Å². The molecule has 1 aliphatic rings. The lowest BCUT2D eigenvalue weighted by molar-refractivity contribution is 0.0646. The molecule has 1 aromatic heterocycles. The van der Waals surface area contributed by atoms with Crippen molar-refractivity contribution in [2.45, 2.75) is 32.4 Å². The second-order valence-electron chi connectivity index (χ2n) is 7.33. The normalized spacial score (nSPS) is 14.5. The van der Waals surface area contributed by atoms with E-state index in [0.29, 0.717) is 18.9 Å². The summed E-state index contributed by atoms with van der Waals surface area (Å²) in [7, 11) is 0. The van der Waals surface area contributed by atoms with Crippen LogP contribution in [0.15, 0.2) is 60.7 Å². The number of hydrogen-bond acceptors (Lipinski definition) is 4. The van der Waals surface area contributed by atoms with Crippen LogP contribution >= 0.6 is 0 Å². The molecule has 3 aromatic rings. The van der Waals surface area contributed by atoms with Gasteiger partial charge in [0.1, 0.15) is 5.69 Å². The number of aromatic nitrogens is 2. The molecule has 0 atom stereocenters. The Morgan fingerprint density at radius 3 is 2.52 bits per heavy atom. The van der Waals surface area contributed by atoms with Gasteiger partial charge in [-0.2, -0.15) is 5.10 Å². The summed E-state index contributed by atoms with van der Waals surface area (Å²) in [4.78, 5) is 12.9. The van der Waals surface area contributed by atoms with E-state index in [1.165, 1.54) is 0 Å². The second-order valence-corrected chi connectivity index (χ2v) is 7.33. The zero-order valence-corrected chi connectivity index (χ0v) is 16.6. The highest BCUT2D eigenvalue weighted by Crippen LogP contribution is 2.23. The number of carbonyl (C=O) groups excluding carboxylic acids is 1. The monoisotopic (exact) mass is 390 g/mol. The molecular weight excluding hydrogens is 364 g/mol. The van der Waals surface area contributed by atoms with E-state index in [1.54, 1.807) is 0 Å².